The zero-order chi connectivity index (χ0) is 13.3. The highest BCUT2D eigenvalue weighted by Crippen LogP contribution is 2.32. The lowest BCUT2D eigenvalue weighted by atomic mass is 10.3. The minimum atomic E-state index is -4.91. The summed E-state index contributed by atoms with van der Waals surface area (Å²) in [5.41, 5.74) is 0. The van der Waals surface area contributed by atoms with Crippen LogP contribution in [0.5, 0.6) is 11.5 Å². The average Bonchev–Trinajstić information content (AvgIpc) is 2.13. The Labute approximate surface area is 99.3 Å². The Morgan fingerprint density at radius 3 is 2.29 bits per heavy atom. The molecule has 0 atom stereocenters. The van der Waals surface area contributed by atoms with Gasteiger partial charge in [-0.15, -0.1) is 13.2 Å². The van der Waals surface area contributed by atoms with Crippen molar-refractivity contribution in [3.05, 3.63) is 18.2 Å². The molecule has 0 saturated heterocycles. The second-order valence-electron chi connectivity index (χ2n) is 2.80. The Morgan fingerprint density at radius 1 is 1.29 bits per heavy atom. The van der Waals surface area contributed by atoms with Gasteiger partial charge in [-0.05, 0) is 12.1 Å². The van der Waals surface area contributed by atoms with Crippen molar-refractivity contribution in [2.45, 2.75) is 11.3 Å². The molecule has 0 bridgehead atoms. The summed E-state index contributed by atoms with van der Waals surface area (Å²) in [6, 6.07) is 2.56. The first-order chi connectivity index (χ1) is 7.63. The van der Waals surface area contributed by atoms with Gasteiger partial charge in [0.25, 0.3) is 9.05 Å². The summed E-state index contributed by atoms with van der Waals surface area (Å²) >= 11 is 0. The van der Waals surface area contributed by atoms with E-state index < -0.39 is 26.1 Å². The lowest BCUT2D eigenvalue weighted by Crippen LogP contribution is -2.17. The normalized spacial score (nSPS) is 12.3. The molecule has 0 aromatic heterocycles. The summed E-state index contributed by atoms with van der Waals surface area (Å²) in [6.45, 7) is 0. The van der Waals surface area contributed by atoms with Crippen LogP contribution >= 0.6 is 10.7 Å². The van der Waals surface area contributed by atoms with Crippen LogP contribution in [0, 0.1) is 0 Å². The first kappa shape index (κ1) is 13.9. The highest BCUT2D eigenvalue weighted by atomic mass is 35.7. The minimum absolute atomic E-state index is 0.172. The number of methoxy groups -OCH3 is 1. The first-order valence-electron chi connectivity index (χ1n) is 4.02. The summed E-state index contributed by atoms with van der Waals surface area (Å²) in [5, 5.41) is 0. The molecule has 1 aromatic rings. The fourth-order valence-corrected chi connectivity index (χ4v) is 2.06. The largest absolute Gasteiger partial charge is 0.573 e. The van der Waals surface area contributed by atoms with Gasteiger partial charge in [-0.3, -0.25) is 0 Å². The van der Waals surface area contributed by atoms with Crippen LogP contribution in [0.15, 0.2) is 23.1 Å². The van der Waals surface area contributed by atoms with Crippen molar-refractivity contribution in [2.75, 3.05) is 7.11 Å². The predicted molar refractivity (Wildman–Crippen MR) is 52.7 cm³/mol. The molecule has 0 aliphatic rings. The topological polar surface area (TPSA) is 52.6 Å². The number of halogens is 4. The first-order valence-corrected chi connectivity index (χ1v) is 6.33. The van der Waals surface area contributed by atoms with Gasteiger partial charge in [-0.2, -0.15) is 0 Å². The van der Waals surface area contributed by atoms with Crippen LogP contribution in [0.2, 0.25) is 0 Å². The third-order valence-corrected chi connectivity index (χ3v) is 2.97. The smallest absolute Gasteiger partial charge is 0.495 e. The van der Waals surface area contributed by atoms with Crippen molar-refractivity contribution < 1.29 is 31.1 Å². The van der Waals surface area contributed by atoms with Gasteiger partial charge in [0.1, 0.15) is 16.4 Å². The van der Waals surface area contributed by atoms with E-state index in [0.29, 0.717) is 6.07 Å². The Balaban J connectivity index is 3.24. The molecule has 9 heteroatoms. The van der Waals surface area contributed by atoms with Gasteiger partial charge in [0.2, 0.25) is 0 Å². The zero-order valence-corrected chi connectivity index (χ0v) is 9.86. The van der Waals surface area contributed by atoms with E-state index in [4.69, 9.17) is 10.7 Å². The number of alkyl halides is 3. The van der Waals surface area contributed by atoms with E-state index in [1.807, 2.05) is 0 Å². The summed E-state index contributed by atoms with van der Waals surface area (Å²) in [7, 11) is 1.98. The Bertz CT molecular complexity index is 512. The molecule has 0 spiro atoms. The van der Waals surface area contributed by atoms with Crippen LogP contribution in [0.3, 0.4) is 0 Å². The van der Waals surface area contributed by atoms with E-state index in [2.05, 4.69) is 9.47 Å². The van der Waals surface area contributed by atoms with Crippen LogP contribution in [0.25, 0.3) is 0 Å². The van der Waals surface area contributed by atoms with E-state index in [0.717, 1.165) is 19.2 Å². The summed E-state index contributed by atoms with van der Waals surface area (Å²) in [4.78, 5) is -0.594. The van der Waals surface area contributed by atoms with Gasteiger partial charge in [0, 0.05) is 16.7 Å². The highest BCUT2D eigenvalue weighted by Gasteiger charge is 2.32. The summed E-state index contributed by atoms with van der Waals surface area (Å²) < 4.78 is 66.1. The van der Waals surface area contributed by atoms with Gasteiger partial charge in [0.05, 0.1) is 7.11 Å². The SMILES string of the molecule is COc1ccc(OC(F)(F)F)cc1S(=O)(=O)Cl. The maximum absolute atomic E-state index is 11.9. The monoisotopic (exact) mass is 290 g/mol. The molecule has 17 heavy (non-hydrogen) atoms. The molecular weight excluding hydrogens is 285 g/mol. The number of ether oxygens (including phenoxy) is 2. The lowest BCUT2D eigenvalue weighted by Gasteiger charge is -2.11. The maximum Gasteiger partial charge on any atom is 0.573 e. The van der Waals surface area contributed by atoms with Gasteiger partial charge in [-0.25, -0.2) is 8.42 Å². The lowest BCUT2D eigenvalue weighted by molar-refractivity contribution is -0.274. The molecular formula is C8H6ClF3O4S. The van der Waals surface area contributed by atoms with Gasteiger partial charge in [0.15, 0.2) is 0 Å². The quantitative estimate of drug-likeness (QED) is 0.803. The van der Waals surface area contributed by atoms with Crippen molar-refractivity contribution in [3.8, 4) is 11.5 Å². The van der Waals surface area contributed by atoms with Crippen molar-refractivity contribution in [2.24, 2.45) is 0 Å². The fraction of sp³-hybridized carbons (Fsp3) is 0.250. The number of hydrogen-bond acceptors (Lipinski definition) is 4. The van der Waals surface area contributed by atoms with E-state index >= 15 is 0 Å². The molecule has 1 aromatic carbocycles. The molecule has 0 fully saturated rings. The Hall–Kier alpha value is -1.15. The van der Waals surface area contributed by atoms with Crippen molar-refractivity contribution in [3.63, 3.8) is 0 Å². The molecule has 1 rings (SSSR count). The van der Waals surface area contributed by atoms with Crippen LogP contribution in [-0.2, 0) is 9.05 Å². The number of benzene rings is 1. The van der Waals surface area contributed by atoms with Crippen LogP contribution < -0.4 is 9.47 Å². The van der Waals surface area contributed by atoms with Crippen molar-refractivity contribution >= 4 is 19.7 Å². The molecule has 0 aliphatic heterocycles. The van der Waals surface area contributed by atoms with Crippen LogP contribution in [-0.4, -0.2) is 21.9 Å². The van der Waals surface area contributed by atoms with Gasteiger partial charge >= 0.3 is 6.36 Å². The summed E-state index contributed by atoms with van der Waals surface area (Å²) in [6.07, 6.45) is -4.91. The van der Waals surface area contributed by atoms with E-state index in [1.54, 1.807) is 0 Å². The molecule has 0 saturated carbocycles. The third-order valence-electron chi connectivity index (χ3n) is 1.63. The van der Waals surface area contributed by atoms with E-state index in [1.165, 1.54) is 0 Å². The highest BCUT2D eigenvalue weighted by molar-refractivity contribution is 8.13. The molecule has 0 radical (unpaired) electrons. The minimum Gasteiger partial charge on any atom is -0.495 e. The second-order valence-corrected chi connectivity index (χ2v) is 5.33. The zero-order valence-electron chi connectivity index (χ0n) is 8.29. The summed E-state index contributed by atoms with van der Waals surface area (Å²) in [5.74, 6) is -0.868. The number of hydrogen-bond donors (Lipinski definition) is 0. The van der Waals surface area contributed by atoms with Crippen molar-refractivity contribution in [1.29, 1.82) is 0 Å². The van der Waals surface area contributed by atoms with E-state index in [-0.39, 0.29) is 5.75 Å². The maximum atomic E-state index is 11.9. The van der Waals surface area contributed by atoms with Crippen LogP contribution in [0.1, 0.15) is 0 Å². The number of rotatable bonds is 3. The molecule has 96 valence electrons. The average molecular weight is 291 g/mol. The molecule has 0 amide bonds. The molecule has 0 aliphatic carbocycles. The Morgan fingerprint density at radius 2 is 1.88 bits per heavy atom. The standard InChI is InChI=1S/C8H6ClF3O4S/c1-15-6-3-2-5(16-8(10,11)12)4-7(6)17(9,13)14/h2-4H,1H3. The van der Waals surface area contributed by atoms with Gasteiger partial charge in [-0.1, -0.05) is 0 Å². The molecule has 0 heterocycles. The molecule has 4 nitrogen and oxygen atoms in total. The molecule has 0 unspecified atom stereocenters. The van der Waals surface area contributed by atoms with Crippen molar-refractivity contribution in [1.82, 2.24) is 0 Å². The second kappa shape index (κ2) is 4.61. The van der Waals surface area contributed by atoms with E-state index in [9.17, 15) is 21.6 Å². The predicted octanol–water partition coefficient (Wildman–Crippen LogP) is 2.52. The van der Waals surface area contributed by atoms with Crippen LogP contribution in [0.4, 0.5) is 13.2 Å². The van der Waals surface area contributed by atoms with Gasteiger partial charge < -0.3 is 9.47 Å². The Kier molecular flexibility index (Phi) is 3.78. The molecule has 0 N–H and O–H groups in total. The third kappa shape index (κ3) is 3.97. The fourth-order valence-electron chi connectivity index (χ4n) is 1.04.